The van der Waals surface area contributed by atoms with Crippen molar-refractivity contribution >= 4 is 49.2 Å². The zero-order chi connectivity index (χ0) is 14.0. The molecule has 98 valence electrons. The van der Waals surface area contributed by atoms with E-state index in [1.807, 2.05) is 0 Å². The molecule has 0 heterocycles. The number of methoxy groups -OCH3 is 1. The smallest absolute Gasteiger partial charge is 0.194 e. The van der Waals surface area contributed by atoms with E-state index in [0.717, 1.165) is 4.47 Å². The van der Waals surface area contributed by atoms with Crippen LogP contribution in [0.5, 0.6) is 5.75 Å². The SMILES string of the molecule is COc1ccc(C(=O)c2cc(Cl)cc(Br)c2)c(Br)c1. The van der Waals surface area contributed by atoms with Crippen LogP contribution in [0.15, 0.2) is 45.3 Å². The van der Waals surface area contributed by atoms with Crippen molar-refractivity contribution in [3.8, 4) is 5.75 Å². The first-order valence-electron chi connectivity index (χ1n) is 5.35. The van der Waals surface area contributed by atoms with Crippen LogP contribution in [0.2, 0.25) is 5.02 Å². The molecule has 2 nitrogen and oxygen atoms in total. The summed E-state index contributed by atoms with van der Waals surface area (Å²) in [6.45, 7) is 0. The van der Waals surface area contributed by atoms with Gasteiger partial charge in [-0.25, -0.2) is 0 Å². The molecule has 0 unspecified atom stereocenters. The highest BCUT2D eigenvalue weighted by atomic mass is 79.9. The van der Waals surface area contributed by atoms with E-state index in [4.69, 9.17) is 16.3 Å². The molecule has 5 heteroatoms. The molecule has 2 rings (SSSR count). The summed E-state index contributed by atoms with van der Waals surface area (Å²) in [4.78, 5) is 12.4. The molecule has 0 saturated carbocycles. The first-order valence-corrected chi connectivity index (χ1v) is 7.32. The van der Waals surface area contributed by atoms with Crippen molar-refractivity contribution in [3.05, 3.63) is 61.5 Å². The van der Waals surface area contributed by atoms with Gasteiger partial charge in [0.1, 0.15) is 5.75 Å². The van der Waals surface area contributed by atoms with Crippen LogP contribution in [0.1, 0.15) is 15.9 Å². The zero-order valence-corrected chi connectivity index (χ0v) is 13.8. The summed E-state index contributed by atoms with van der Waals surface area (Å²) in [6, 6.07) is 10.3. The normalized spacial score (nSPS) is 10.3. The Kier molecular flexibility index (Phi) is 4.66. The van der Waals surface area contributed by atoms with Gasteiger partial charge >= 0.3 is 0 Å². The number of ketones is 1. The van der Waals surface area contributed by atoms with Crippen LogP contribution in [0.25, 0.3) is 0 Å². The van der Waals surface area contributed by atoms with Crippen LogP contribution in [0.4, 0.5) is 0 Å². The van der Waals surface area contributed by atoms with Gasteiger partial charge in [0.2, 0.25) is 0 Å². The van der Waals surface area contributed by atoms with Gasteiger partial charge in [0.05, 0.1) is 7.11 Å². The second-order valence-electron chi connectivity index (χ2n) is 3.83. The fourth-order valence-electron chi connectivity index (χ4n) is 1.65. The lowest BCUT2D eigenvalue weighted by atomic mass is 10.0. The standard InChI is InChI=1S/C14H9Br2ClO2/c1-19-11-2-3-12(13(16)7-11)14(18)8-4-9(15)6-10(17)5-8/h2-7H,1H3. The highest BCUT2D eigenvalue weighted by molar-refractivity contribution is 9.10. The summed E-state index contributed by atoms with van der Waals surface area (Å²) in [7, 11) is 1.58. The Morgan fingerprint density at radius 2 is 1.89 bits per heavy atom. The molecule has 19 heavy (non-hydrogen) atoms. The van der Waals surface area contributed by atoms with Crippen molar-refractivity contribution in [1.29, 1.82) is 0 Å². The average Bonchev–Trinajstić information content (AvgIpc) is 2.36. The molecule has 0 fully saturated rings. The summed E-state index contributed by atoms with van der Waals surface area (Å²) < 4.78 is 6.56. The van der Waals surface area contributed by atoms with Gasteiger partial charge in [0, 0.05) is 25.1 Å². The van der Waals surface area contributed by atoms with E-state index < -0.39 is 0 Å². The van der Waals surface area contributed by atoms with E-state index in [-0.39, 0.29) is 5.78 Å². The molecule has 0 bridgehead atoms. The number of rotatable bonds is 3. The van der Waals surface area contributed by atoms with E-state index in [2.05, 4.69) is 31.9 Å². The molecule has 0 radical (unpaired) electrons. The molecule has 0 amide bonds. The monoisotopic (exact) mass is 402 g/mol. The molecule has 2 aromatic carbocycles. The number of carbonyl (C=O) groups excluding carboxylic acids is 1. The molecule has 0 atom stereocenters. The van der Waals surface area contributed by atoms with E-state index in [0.29, 0.717) is 26.4 Å². The van der Waals surface area contributed by atoms with Crippen LogP contribution >= 0.6 is 43.5 Å². The van der Waals surface area contributed by atoms with Crippen molar-refractivity contribution < 1.29 is 9.53 Å². The summed E-state index contributed by atoms with van der Waals surface area (Å²) >= 11 is 12.7. The first kappa shape index (κ1) is 14.6. The second kappa shape index (κ2) is 6.07. The molecule has 0 aliphatic carbocycles. The molecule has 0 saturated heterocycles. The van der Waals surface area contributed by atoms with E-state index >= 15 is 0 Å². The highest BCUT2D eigenvalue weighted by Gasteiger charge is 2.14. The Balaban J connectivity index is 2.44. The summed E-state index contributed by atoms with van der Waals surface area (Å²) in [6.07, 6.45) is 0. The Hall–Kier alpha value is -0.840. The number of halogens is 3. The molecule has 2 aromatic rings. The Morgan fingerprint density at radius 3 is 2.47 bits per heavy atom. The lowest BCUT2D eigenvalue weighted by Gasteiger charge is -2.07. The molecular formula is C14H9Br2ClO2. The third kappa shape index (κ3) is 3.38. The minimum absolute atomic E-state index is 0.0993. The largest absolute Gasteiger partial charge is 0.497 e. The van der Waals surface area contributed by atoms with Crippen LogP contribution < -0.4 is 4.74 Å². The molecule has 0 aromatic heterocycles. The quantitative estimate of drug-likeness (QED) is 0.665. The highest BCUT2D eigenvalue weighted by Crippen LogP contribution is 2.27. The maximum atomic E-state index is 12.4. The van der Waals surface area contributed by atoms with Gasteiger partial charge in [0.15, 0.2) is 5.78 Å². The second-order valence-corrected chi connectivity index (χ2v) is 6.04. The van der Waals surface area contributed by atoms with Gasteiger partial charge in [-0.3, -0.25) is 4.79 Å². The fraction of sp³-hybridized carbons (Fsp3) is 0.0714. The number of hydrogen-bond acceptors (Lipinski definition) is 2. The number of benzene rings is 2. The summed E-state index contributed by atoms with van der Waals surface area (Å²) in [5.74, 6) is 0.591. The van der Waals surface area contributed by atoms with Crippen LogP contribution in [0.3, 0.4) is 0 Å². The molecule has 0 N–H and O–H groups in total. The maximum absolute atomic E-state index is 12.4. The zero-order valence-electron chi connectivity index (χ0n) is 9.91. The third-order valence-corrected chi connectivity index (χ3v) is 3.88. The van der Waals surface area contributed by atoms with Gasteiger partial charge in [-0.15, -0.1) is 0 Å². The maximum Gasteiger partial charge on any atom is 0.194 e. The van der Waals surface area contributed by atoms with E-state index in [1.54, 1.807) is 43.5 Å². The fourth-order valence-corrected chi connectivity index (χ4v) is 3.05. The van der Waals surface area contributed by atoms with Gasteiger partial charge in [-0.05, 0) is 52.3 Å². The van der Waals surface area contributed by atoms with Crippen LogP contribution in [-0.4, -0.2) is 12.9 Å². The molecule has 0 spiro atoms. The van der Waals surface area contributed by atoms with Crippen molar-refractivity contribution in [2.24, 2.45) is 0 Å². The third-order valence-electron chi connectivity index (χ3n) is 2.55. The van der Waals surface area contributed by atoms with Gasteiger partial charge in [-0.2, -0.15) is 0 Å². The Labute approximate surface area is 133 Å². The van der Waals surface area contributed by atoms with Crippen molar-refractivity contribution in [2.75, 3.05) is 7.11 Å². The topological polar surface area (TPSA) is 26.3 Å². The average molecular weight is 404 g/mol. The van der Waals surface area contributed by atoms with E-state index in [1.165, 1.54) is 0 Å². The number of ether oxygens (including phenoxy) is 1. The van der Waals surface area contributed by atoms with E-state index in [9.17, 15) is 4.79 Å². The lowest BCUT2D eigenvalue weighted by molar-refractivity contribution is 0.103. The predicted molar refractivity (Wildman–Crippen MR) is 83.3 cm³/mol. The molecule has 0 aliphatic heterocycles. The van der Waals surface area contributed by atoms with Gasteiger partial charge in [0.25, 0.3) is 0 Å². The molecule has 0 aliphatic rings. The minimum Gasteiger partial charge on any atom is -0.497 e. The lowest BCUT2D eigenvalue weighted by Crippen LogP contribution is -2.02. The Morgan fingerprint density at radius 1 is 1.16 bits per heavy atom. The number of carbonyl (C=O) groups is 1. The minimum atomic E-state index is -0.0993. The van der Waals surface area contributed by atoms with Crippen molar-refractivity contribution in [3.63, 3.8) is 0 Å². The van der Waals surface area contributed by atoms with Gasteiger partial charge in [-0.1, -0.05) is 27.5 Å². The Bertz CT molecular complexity index is 621. The van der Waals surface area contributed by atoms with Crippen LogP contribution in [0, 0.1) is 0 Å². The molecular weight excluding hydrogens is 395 g/mol. The number of hydrogen-bond donors (Lipinski definition) is 0. The van der Waals surface area contributed by atoms with Crippen molar-refractivity contribution in [1.82, 2.24) is 0 Å². The first-order chi connectivity index (χ1) is 9.01. The predicted octanol–water partition coefficient (Wildman–Crippen LogP) is 5.10. The summed E-state index contributed by atoms with van der Waals surface area (Å²) in [5, 5.41) is 0.516. The van der Waals surface area contributed by atoms with Crippen molar-refractivity contribution in [2.45, 2.75) is 0 Å². The summed E-state index contributed by atoms with van der Waals surface area (Å²) in [5.41, 5.74) is 1.10. The van der Waals surface area contributed by atoms with Crippen LogP contribution in [-0.2, 0) is 0 Å². The van der Waals surface area contributed by atoms with Gasteiger partial charge < -0.3 is 4.74 Å².